The molecule has 0 bridgehead atoms. The van der Waals surface area contributed by atoms with Crippen molar-refractivity contribution in [3.8, 4) is 0 Å². The molecular weight excluding hydrogens is 397 g/mol. The molecule has 2 aromatic rings. The predicted molar refractivity (Wildman–Crippen MR) is 106 cm³/mol. The zero-order valence-electron chi connectivity index (χ0n) is 16.1. The van der Waals surface area contributed by atoms with Crippen LogP contribution in [0.2, 0.25) is 0 Å². The quantitative estimate of drug-likeness (QED) is 0.652. The van der Waals surface area contributed by atoms with Crippen LogP contribution in [0, 0.1) is 17.5 Å². The molecule has 2 aliphatic heterocycles. The van der Waals surface area contributed by atoms with E-state index in [-0.39, 0.29) is 30.3 Å². The van der Waals surface area contributed by atoms with Gasteiger partial charge < -0.3 is 21.3 Å². The van der Waals surface area contributed by atoms with Crippen LogP contribution in [0.1, 0.15) is 35.2 Å². The number of benzene rings is 2. The number of Topliss-reactive ketones (excluding diaryl/α,β-unsaturated/α-hetero) is 1. The van der Waals surface area contributed by atoms with Gasteiger partial charge in [-0.2, -0.15) is 0 Å². The number of rotatable bonds is 2. The maximum absolute atomic E-state index is 14.0. The topological polar surface area (TPSA) is 87.5 Å². The maximum atomic E-state index is 14.0. The Hall–Kier alpha value is -3.23. The number of carbonyl (C=O) groups is 2. The third-order valence-electron chi connectivity index (χ3n) is 5.83. The summed E-state index contributed by atoms with van der Waals surface area (Å²) in [5.74, 6) is -2.30. The zero-order valence-corrected chi connectivity index (χ0v) is 16.1. The fraction of sp³-hybridized carbons (Fsp3) is 0.333. The number of amides is 2. The molecule has 158 valence electrons. The van der Waals surface area contributed by atoms with Crippen LogP contribution in [-0.2, 0) is 6.54 Å². The van der Waals surface area contributed by atoms with Gasteiger partial charge in [0.2, 0.25) is 0 Å². The van der Waals surface area contributed by atoms with Gasteiger partial charge in [-0.05, 0) is 37.1 Å². The van der Waals surface area contributed by atoms with Crippen molar-refractivity contribution in [1.29, 1.82) is 0 Å². The van der Waals surface area contributed by atoms with Gasteiger partial charge in [0.25, 0.3) is 0 Å². The van der Waals surface area contributed by atoms with Crippen molar-refractivity contribution in [3.05, 3.63) is 58.9 Å². The Labute approximate surface area is 171 Å². The van der Waals surface area contributed by atoms with Gasteiger partial charge in [-0.25, -0.2) is 18.0 Å². The van der Waals surface area contributed by atoms with Gasteiger partial charge in [-0.1, -0.05) is 6.07 Å². The van der Waals surface area contributed by atoms with Crippen LogP contribution in [0.5, 0.6) is 0 Å². The number of anilines is 2. The number of nitrogen functional groups attached to an aromatic ring is 1. The van der Waals surface area contributed by atoms with E-state index < -0.39 is 28.7 Å². The largest absolute Gasteiger partial charge is 0.394 e. The van der Waals surface area contributed by atoms with Crippen LogP contribution in [0.15, 0.2) is 30.3 Å². The average molecular weight is 418 g/mol. The summed E-state index contributed by atoms with van der Waals surface area (Å²) in [7, 11) is 0. The highest BCUT2D eigenvalue weighted by Crippen LogP contribution is 2.37. The number of nitrogens with one attached hydrogen (secondary N) is 2. The highest BCUT2D eigenvalue weighted by molar-refractivity contribution is 6.04. The number of nitrogens with zero attached hydrogens (tertiary/aromatic N) is 1. The number of carbonyl (C=O) groups excluding carboxylic acids is 2. The van der Waals surface area contributed by atoms with Crippen LogP contribution < -0.4 is 16.4 Å². The van der Waals surface area contributed by atoms with E-state index in [0.29, 0.717) is 37.2 Å². The van der Waals surface area contributed by atoms with Crippen molar-refractivity contribution in [2.45, 2.75) is 31.3 Å². The smallest absolute Gasteiger partial charge is 0.317 e. The zero-order chi connectivity index (χ0) is 21.5. The molecule has 0 aromatic heterocycles. The molecule has 0 saturated carbocycles. The van der Waals surface area contributed by atoms with E-state index in [9.17, 15) is 22.8 Å². The Kier molecular flexibility index (Phi) is 5.05. The number of ketones is 1. The highest BCUT2D eigenvalue weighted by atomic mass is 19.1. The molecule has 0 atom stereocenters. The summed E-state index contributed by atoms with van der Waals surface area (Å²) in [6.45, 7) is 0.680. The third-order valence-corrected chi connectivity index (χ3v) is 5.83. The minimum absolute atomic E-state index is 0.0964. The Balaban J connectivity index is 1.37. The fourth-order valence-electron chi connectivity index (χ4n) is 4.06. The van der Waals surface area contributed by atoms with Crippen LogP contribution in [0.25, 0.3) is 0 Å². The molecule has 4 rings (SSSR count). The minimum atomic E-state index is -0.882. The second-order valence-electron chi connectivity index (χ2n) is 7.78. The summed E-state index contributed by atoms with van der Waals surface area (Å²) in [5.41, 5.74) is 5.34. The Morgan fingerprint density at radius 2 is 1.90 bits per heavy atom. The van der Waals surface area contributed by atoms with E-state index in [1.165, 1.54) is 18.2 Å². The molecule has 0 unspecified atom stereocenters. The third kappa shape index (κ3) is 3.67. The molecule has 2 heterocycles. The lowest BCUT2D eigenvalue weighted by molar-refractivity contribution is 0.0915. The highest BCUT2D eigenvalue weighted by Gasteiger charge is 2.41. The first-order valence-corrected chi connectivity index (χ1v) is 9.64. The van der Waals surface area contributed by atoms with Crippen LogP contribution in [0.3, 0.4) is 0 Å². The molecule has 6 nitrogen and oxygen atoms in total. The minimum Gasteiger partial charge on any atom is -0.394 e. The lowest BCUT2D eigenvalue weighted by Crippen LogP contribution is -2.55. The Morgan fingerprint density at radius 1 is 1.17 bits per heavy atom. The predicted octanol–water partition coefficient (Wildman–Crippen LogP) is 3.43. The van der Waals surface area contributed by atoms with Gasteiger partial charge in [0.05, 0.1) is 0 Å². The van der Waals surface area contributed by atoms with Gasteiger partial charge in [0, 0.05) is 48.4 Å². The van der Waals surface area contributed by atoms with Crippen molar-refractivity contribution in [2.75, 3.05) is 24.1 Å². The standard InChI is InChI=1S/C21H21F3N4O2/c22-13-2-4-16-14(9-13)17(29)10-21(27-16)5-7-28(8-6-21)20(30)26-11-12-1-3-15(23)19(25)18(12)24/h1-4,9,27H,5-8,10-11,25H2,(H,26,30). The molecular formula is C21H21F3N4O2. The molecule has 1 fully saturated rings. The summed E-state index contributed by atoms with van der Waals surface area (Å²) in [6.07, 6.45) is 1.32. The van der Waals surface area contributed by atoms with Gasteiger partial charge in [-0.15, -0.1) is 0 Å². The molecule has 1 saturated heterocycles. The number of urea groups is 1. The van der Waals surface area contributed by atoms with Crippen molar-refractivity contribution < 1.29 is 22.8 Å². The number of nitrogens with two attached hydrogens (primary N) is 1. The number of hydrogen-bond donors (Lipinski definition) is 3. The number of piperidine rings is 1. The molecule has 2 aromatic carbocycles. The van der Waals surface area contributed by atoms with E-state index in [2.05, 4.69) is 10.6 Å². The summed E-state index contributed by atoms with van der Waals surface area (Å²) in [5, 5.41) is 5.98. The Morgan fingerprint density at radius 3 is 2.63 bits per heavy atom. The second-order valence-corrected chi connectivity index (χ2v) is 7.78. The SMILES string of the molecule is Nc1c(F)ccc(CNC(=O)N2CCC3(CC2)CC(=O)c2cc(F)ccc2N3)c1F. The van der Waals surface area contributed by atoms with Crippen LogP contribution in [0.4, 0.5) is 29.3 Å². The number of fused-ring (bicyclic) bond motifs is 1. The molecule has 9 heteroatoms. The molecule has 0 aliphatic carbocycles. The first kappa shape index (κ1) is 20.1. The maximum Gasteiger partial charge on any atom is 0.317 e. The van der Waals surface area contributed by atoms with Crippen molar-refractivity contribution in [2.24, 2.45) is 0 Å². The van der Waals surface area contributed by atoms with E-state index in [1.807, 2.05) is 0 Å². The summed E-state index contributed by atoms with van der Waals surface area (Å²) >= 11 is 0. The Bertz CT molecular complexity index is 1020. The number of halogens is 3. The summed E-state index contributed by atoms with van der Waals surface area (Å²) in [4.78, 5) is 26.5. The monoisotopic (exact) mass is 418 g/mol. The van der Waals surface area contributed by atoms with Gasteiger partial charge in [-0.3, -0.25) is 4.79 Å². The van der Waals surface area contributed by atoms with E-state index >= 15 is 0 Å². The van der Waals surface area contributed by atoms with Crippen molar-refractivity contribution in [1.82, 2.24) is 10.2 Å². The van der Waals surface area contributed by atoms with Gasteiger partial charge in [0.1, 0.15) is 17.3 Å². The first-order chi connectivity index (χ1) is 14.3. The fourth-order valence-corrected chi connectivity index (χ4v) is 4.06. The molecule has 0 radical (unpaired) electrons. The lowest BCUT2D eigenvalue weighted by Gasteiger charge is -2.45. The van der Waals surface area contributed by atoms with Crippen molar-refractivity contribution in [3.63, 3.8) is 0 Å². The number of likely N-dealkylation sites (tertiary alicyclic amines) is 1. The first-order valence-electron chi connectivity index (χ1n) is 9.64. The van der Waals surface area contributed by atoms with E-state index in [1.54, 1.807) is 11.0 Å². The molecule has 1 spiro atoms. The second kappa shape index (κ2) is 7.55. The molecule has 30 heavy (non-hydrogen) atoms. The summed E-state index contributed by atoms with van der Waals surface area (Å²) < 4.78 is 40.7. The van der Waals surface area contributed by atoms with E-state index in [4.69, 9.17) is 5.73 Å². The molecule has 4 N–H and O–H groups in total. The normalized spacial score (nSPS) is 17.4. The van der Waals surface area contributed by atoms with E-state index in [0.717, 1.165) is 6.07 Å². The van der Waals surface area contributed by atoms with Crippen LogP contribution in [-0.4, -0.2) is 35.3 Å². The molecule has 2 aliphatic rings. The van der Waals surface area contributed by atoms with Gasteiger partial charge >= 0.3 is 6.03 Å². The van der Waals surface area contributed by atoms with Crippen LogP contribution >= 0.6 is 0 Å². The van der Waals surface area contributed by atoms with Gasteiger partial charge in [0.15, 0.2) is 11.6 Å². The average Bonchev–Trinajstić information content (AvgIpc) is 2.72. The summed E-state index contributed by atoms with van der Waals surface area (Å²) in [6, 6.07) is 6.02. The molecule has 2 amide bonds. The lowest BCUT2D eigenvalue weighted by atomic mass is 9.78. The van der Waals surface area contributed by atoms with Crippen molar-refractivity contribution >= 4 is 23.2 Å². The number of hydrogen-bond acceptors (Lipinski definition) is 4.